The van der Waals surface area contributed by atoms with E-state index < -0.39 is 29.4 Å². The van der Waals surface area contributed by atoms with Crippen LogP contribution >= 0.6 is 0 Å². The van der Waals surface area contributed by atoms with Crippen molar-refractivity contribution in [2.24, 2.45) is 0 Å². The van der Waals surface area contributed by atoms with Crippen LogP contribution in [0.4, 0.5) is 11.4 Å². The van der Waals surface area contributed by atoms with Gasteiger partial charge in [0.15, 0.2) is 6.61 Å². The van der Waals surface area contributed by atoms with Gasteiger partial charge in [-0.05, 0) is 44.2 Å². The van der Waals surface area contributed by atoms with Crippen molar-refractivity contribution in [1.82, 2.24) is 0 Å². The second-order valence-electron chi connectivity index (χ2n) is 5.63. The Hall–Kier alpha value is -3.75. The summed E-state index contributed by atoms with van der Waals surface area (Å²) in [6, 6.07) is 10.0. The molecule has 0 bridgehead atoms. The van der Waals surface area contributed by atoms with Crippen LogP contribution in [0, 0.1) is 17.0 Å². The fraction of sp³-hybridized carbons (Fsp3) is 0.211. The molecule has 0 aromatic heterocycles. The predicted molar refractivity (Wildman–Crippen MR) is 99.1 cm³/mol. The number of carbonyl (C=O) groups is 3. The fourth-order valence-corrected chi connectivity index (χ4v) is 2.35. The quantitative estimate of drug-likeness (QED) is 0.440. The highest BCUT2D eigenvalue weighted by Gasteiger charge is 2.19. The van der Waals surface area contributed by atoms with E-state index in [2.05, 4.69) is 5.32 Å². The molecule has 2 aromatic carbocycles. The number of carbonyl (C=O) groups excluding carboxylic acids is 3. The van der Waals surface area contributed by atoms with E-state index in [1.54, 1.807) is 6.92 Å². The molecule has 0 aliphatic heterocycles. The van der Waals surface area contributed by atoms with Crippen LogP contribution in [0.1, 0.15) is 33.2 Å². The Morgan fingerprint density at radius 2 is 1.71 bits per heavy atom. The average Bonchev–Trinajstić information content (AvgIpc) is 2.66. The molecule has 0 spiro atoms. The predicted octanol–water partition coefficient (Wildman–Crippen LogP) is 2.88. The smallest absolute Gasteiger partial charge is 0.339 e. The summed E-state index contributed by atoms with van der Waals surface area (Å²) >= 11 is 0. The van der Waals surface area contributed by atoms with Gasteiger partial charge in [0.2, 0.25) is 0 Å². The zero-order chi connectivity index (χ0) is 20.7. The zero-order valence-corrected chi connectivity index (χ0v) is 15.3. The minimum absolute atomic E-state index is 0.0146. The minimum Gasteiger partial charge on any atom is -0.462 e. The Balaban J connectivity index is 1.94. The van der Waals surface area contributed by atoms with Gasteiger partial charge < -0.3 is 14.8 Å². The molecule has 0 aliphatic carbocycles. The molecule has 0 unspecified atom stereocenters. The van der Waals surface area contributed by atoms with Crippen molar-refractivity contribution in [3.8, 4) is 0 Å². The van der Waals surface area contributed by atoms with E-state index in [0.29, 0.717) is 11.3 Å². The van der Waals surface area contributed by atoms with Crippen molar-refractivity contribution in [1.29, 1.82) is 0 Å². The van der Waals surface area contributed by atoms with Gasteiger partial charge in [-0.1, -0.05) is 6.07 Å². The lowest BCUT2D eigenvalue weighted by molar-refractivity contribution is -0.385. The van der Waals surface area contributed by atoms with Crippen molar-refractivity contribution < 1.29 is 28.8 Å². The van der Waals surface area contributed by atoms with Gasteiger partial charge in [0.25, 0.3) is 11.6 Å². The van der Waals surface area contributed by atoms with Gasteiger partial charge in [0.05, 0.1) is 22.7 Å². The molecule has 0 saturated carbocycles. The van der Waals surface area contributed by atoms with E-state index in [0.717, 1.165) is 0 Å². The molecule has 2 rings (SSSR count). The van der Waals surface area contributed by atoms with Gasteiger partial charge >= 0.3 is 11.9 Å². The first-order valence-electron chi connectivity index (χ1n) is 8.31. The van der Waals surface area contributed by atoms with Crippen LogP contribution in [0.3, 0.4) is 0 Å². The summed E-state index contributed by atoms with van der Waals surface area (Å²) < 4.78 is 9.79. The standard InChI is InChI=1S/C19H18N2O7/c1-3-27-18(23)13-7-9-14(10-8-13)20-17(22)11-28-19(24)15-5-4-6-16(12(15)2)21(25)26/h4-10H,3,11H2,1-2H3,(H,20,22). The molecule has 0 fully saturated rings. The van der Waals surface area contributed by atoms with E-state index in [4.69, 9.17) is 9.47 Å². The number of nitrogens with one attached hydrogen (secondary N) is 1. The highest BCUT2D eigenvalue weighted by molar-refractivity contribution is 5.97. The number of hydrogen-bond acceptors (Lipinski definition) is 7. The van der Waals surface area contributed by atoms with Crippen LogP contribution < -0.4 is 5.32 Å². The maximum Gasteiger partial charge on any atom is 0.339 e. The number of benzene rings is 2. The Bertz CT molecular complexity index is 907. The van der Waals surface area contributed by atoms with Crippen molar-refractivity contribution in [2.75, 3.05) is 18.5 Å². The number of nitro benzene ring substituents is 1. The highest BCUT2D eigenvalue weighted by Crippen LogP contribution is 2.21. The first kappa shape index (κ1) is 20.6. The van der Waals surface area contributed by atoms with Gasteiger partial charge in [-0.15, -0.1) is 0 Å². The molecule has 9 heteroatoms. The number of esters is 2. The number of ether oxygens (including phenoxy) is 2. The maximum absolute atomic E-state index is 12.1. The number of hydrogen-bond donors (Lipinski definition) is 1. The van der Waals surface area contributed by atoms with Crippen LogP contribution in [-0.4, -0.2) is 36.0 Å². The number of anilines is 1. The molecule has 28 heavy (non-hydrogen) atoms. The molecular formula is C19H18N2O7. The lowest BCUT2D eigenvalue weighted by atomic mass is 10.1. The van der Waals surface area contributed by atoms with Crippen molar-refractivity contribution in [3.05, 3.63) is 69.3 Å². The molecule has 1 N–H and O–H groups in total. The Labute approximate surface area is 160 Å². The summed E-state index contributed by atoms with van der Waals surface area (Å²) in [5.74, 6) is -1.91. The molecule has 0 aliphatic rings. The molecular weight excluding hydrogens is 368 g/mol. The summed E-state index contributed by atoms with van der Waals surface area (Å²) in [5, 5.41) is 13.4. The number of nitro groups is 1. The van der Waals surface area contributed by atoms with Gasteiger partial charge in [-0.25, -0.2) is 9.59 Å². The monoisotopic (exact) mass is 386 g/mol. The summed E-state index contributed by atoms with van der Waals surface area (Å²) in [6.45, 7) is 2.82. The van der Waals surface area contributed by atoms with Crippen LogP contribution in [-0.2, 0) is 14.3 Å². The molecule has 9 nitrogen and oxygen atoms in total. The second kappa shape index (κ2) is 9.26. The van der Waals surface area contributed by atoms with Crippen LogP contribution in [0.5, 0.6) is 0 Å². The fourth-order valence-electron chi connectivity index (χ4n) is 2.35. The molecule has 146 valence electrons. The van der Waals surface area contributed by atoms with E-state index in [-0.39, 0.29) is 23.4 Å². The van der Waals surface area contributed by atoms with Crippen LogP contribution in [0.2, 0.25) is 0 Å². The summed E-state index contributed by atoms with van der Waals surface area (Å²) in [6.07, 6.45) is 0. The van der Waals surface area contributed by atoms with E-state index in [9.17, 15) is 24.5 Å². The van der Waals surface area contributed by atoms with Crippen LogP contribution in [0.25, 0.3) is 0 Å². The second-order valence-corrected chi connectivity index (χ2v) is 5.63. The molecule has 2 aromatic rings. The Kier molecular flexibility index (Phi) is 6.80. The first-order valence-corrected chi connectivity index (χ1v) is 8.31. The van der Waals surface area contributed by atoms with Gasteiger partial charge in [-0.2, -0.15) is 0 Å². The molecule has 0 saturated heterocycles. The van der Waals surface area contributed by atoms with E-state index >= 15 is 0 Å². The highest BCUT2D eigenvalue weighted by atomic mass is 16.6. The van der Waals surface area contributed by atoms with Crippen LogP contribution in [0.15, 0.2) is 42.5 Å². The van der Waals surface area contributed by atoms with E-state index in [1.807, 2.05) is 0 Å². The molecule has 1 amide bonds. The molecule has 0 atom stereocenters. The van der Waals surface area contributed by atoms with Crippen molar-refractivity contribution in [2.45, 2.75) is 13.8 Å². The zero-order valence-electron chi connectivity index (χ0n) is 15.3. The number of rotatable bonds is 7. The molecule has 0 heterocycles. The van der Waals surface area contributed by atoms with Gasteiger partial charge in [0.1, 0.15) is 0 Å². The summed E-state index contributed by atoms with van der Waals surface area (Å²) in [5.41, 5.74) is 0.710. The SMILES string of the molecule is CCOC(=O)c1ccc(NC(=O)COC(=O)c2cccc([N+](=O)[O-])c2C)cc1. The number of amides is 1. The Morgan fingerprint density at radius 3 is 2.32 bits per heavy atom. The maximum atomic E-state index is 12.1. The normalized spacial score (nSPS) is 10.1. The third-order valence-electron chi connectivity index (χ3n) is 3.74. The third-order valence-corrected chi connectivity index (χ3v) is 3.74. The number of nitrogens with zero attached hydrogens (tertiary/aromatic N) is 1. The summed E-state index contributed by atoms with van der Waals surface area (Å²) in [4.78, 5) is 45.9. The lowest BCUT2D eigenvalue weighted by Gasteiger charge is -2.09. The largest absolute Gasteiger partial charge is 0.462 e. The topological polar surface area (TPSA) is 125 Å². The van der Waals surface area contributed by atoms with Gasteiger partial charge in [0, 0.05) is 17.3 Å². The molecule has 0 radical (unpaired) electrons. The first-order chi connectivity index (χ1) is 13.3. The van der Waals surface area contributed by atoms with Gasteiger partial charge in [-0.3, -0.25) is 14.9 Å². The summed E-state index contributed by atoms with van der Waals surface area (Å²) in [7, 11) is 0. The van der Waals surface area contributed by atoms with Crippen molar-refractivity contribution >= 4 is 29.2 Å². The van der Waals surface area contributed by atoms with E-state index in [1.165, 1.54) is 49.4 Å². The average molecular weight is 386 g/mol. The minimum atomic E-state index is -0.839. The third kappa shape index (κ3) is 5.13. The lowest BCUT2D eigenvalue weighted by Crippen LogP contribution is -2.21. The Morgan fingerprint density at radius 1 is 1.04 bits per heavy atom. The van der Waals surface area contributed by atoms with Crippen molar-refractivity contribution in [3.63, 3.8) is 0 Å².